The summed E-state index contributed by atoms with van der Waals surface area (Å²) in [7, 11) is 0. The Labute approximate surface area is 83.7 Å². The van der Waals surface area contributed by atoms with E-state index in [9.17, 15) is 4.79 Å². The van der Waals surface area contributed by atoms with E-state index >= 15 is 0 Å². The van der Waals surface area contributed by atoms with Crippen LogP contribution in [0.1, 0.15) is 26.7 Å². The van der Waals surface area contributed by atoms with Crippen LogP contribution in [0, 0.1) is 22.7 Å². The van der Waals surface area contributed by atoms with E-state index in [2.05, 4.69) is 10.6 Å². The van der Waals surface area contributed by atoms with E-state index in [1.165, 1.54) is 0 Å². The number of hydrogen-bond acceptors (Lipinski definition) is 3. The summed E-state index contributed by atoms with van der Waals surface area (Å²) < 4.78 is 0. The van der Waals surface area contributed by atoms with E-state index in [-0.39, 0.29) is 0 Å². The first-order valence-corrected chi connectivity index (χ1v) is 4.54. The molecule has 2 atom stereocenters. The third kappa shape index (κ3) is 4.32. The van der Waals surface area contributed by atoms with Gasteiger partial charge in [-0.15, -0.1) is 0 Å². The summed E-state index contributed by atoms with van der Waals surface area (Å²) in [6.45, 7) is 3.60. The molecule has 0 saturated heterocycles. The number of nitriles is 2. The van der Waals surface area contributed by atoms with Gasteiger partial charge in [0.05, 0.1) is 12.1 Å². The average molecular weight is 194 g/mol. The van der Waals surface area contributed by atoms with Crippen molar-refractivity contribution in [1.82, 2.24) is 10.6 Å². The quantitative estimate of drug-likeness (QED) is 0.696. The van der Waals surface area contributed by atoms with Gasteiger partial charge in [-0.25, -0.2) is 4.79 Å². The molecule has 0 aromatic rings. The fourth-order valence-corrected chi connectivity index (χ4v) is 0.809. The van der Waals surface area contributed by atoms with Crippen LogP contribution in [0.2, 0.25) is 0 Å². The van der Waals surface area contributed by atoms with Gasteiger partial charge in [-0.1, -0.05) is 13.8 Å². The standard InChI is InChI=1S/C9H14N4O/c1-3-7(5-10)12-9(14)13-8(4-2)6-11/h7-8H,3-4H2,1-2H3,(H2,12,13,14)/t7-,8+. The van der Waals surface area contributed by atoms with Gasteiger partial charge in [-0.05, 0) is 12.8 Å². The molecule has 0 bridgehead atoms. The summed E-state index contributed by atoms with van der Waals surface area (Å²) >= 11 is 0. The maximum absolute atomic E-state index is 11.2. The smallest absolute Gasteiger partial charge is 0.316 e. The zero-order chi connectivity index (χ0) is 11.0. The first kappa shape index (κ1) is 12.2. The molecule has 14 heavy (non-hydrogen) atoms. The molecule has 76 valence electrons. The van der Waals surface area contributed by atoms with Gasteiger partial charge in [0.1, 0.15) is 12.1 Å². The molecule has 0 aromatic heterocycles. The van der Waals surface area contributed by atoms with Gasteiger partial charge in [0, 0.05) is 0 Å². The molecule has 0 heterocycles. The van der Waals surface area contributed by atoms with Crippen LogP contribution in [0.3, 0.4) is 0 Å². The van der Waals surface area contributed by atoms with Crippen LogP contribution < -0.4 is 10.6 Å². The van der Waals surface area contributed by atoms with Gasteiger partial charge >= 0.3 is 6.03 Å². The van der Waals surface area contributed by atoms with Crippen LogP contribution in [-0.4, -0.2) is 18.1 Å². The molecular weight excluding hydrogens is 180 g/mol. The topological polar surface area (TPSA) is 88.7 Å². The van der Waals surface area contributed by atoms with Gasteiger partial charge in [-0.3, -0.25) is 0 Å². The molecule has 0 aliphatic rings. The highest BCUT2D eigenvalue weighted by molar-refractivity contribution is 5.75. The maximum Gasteiger partial charge on any atom is 0.316 e. The third-order valence-corrected chi connectivity index (χ3v) is 1.74. The largest absolute Gasteiger partial charge is 0.322 e. The fourth-order valence-electron chi connectivity index (χ4n) is 0.809. The van der Waals surface area contributed by atoms with Crippen molar-refractivity contribution in [3.05, 3.63) is 0 Å². The van der Waals surface area contributed by atoms with Gasteiger partial charge in [0.25, 0.3) is 0 Å². The Morgan fingerprint density at radius 3 is 1.71 bits per heavy atom. The number of nitrogens with one attached hydrogen (secondary N) is 2. The number of rotatable bonds is 4. The lowest BCUT2D eigenvalue weighted by Crippen LogP contribution is -2.45. The Hall–Kier alpha value is -1.75. The van der Waals surface area contributed by atoms with Crippen molar-refractivity contribution in [3.63, 3.8) is 0 Å². The van der Waals surface area contributed by atoms with Crippen molar-refractivity contribution >= 4 is 6.03 Å². The van der Waals surface area contributed by atoms with E-state index in [0.717, 1.165) is 0 Å². The number of amides is 2. The SMILES string of the molecule is CC[C@@H](C#N)NC(=O)N[C@@H](C#N)CC. The van der Waals surface area contributed by atoms with E-state index in [4.69, 9.17) is 10.5 Å². The third-order valence-electron chi connectivity index (χ3n) is 1.74. The molecule has 0 saturated carbocycles. The first-order chi connectivity index (χ1) is 6.67. The van der Waals surface area contributed by atoms with Crippen molar-refractivity contribution in [3.8, 4) is 12.1 Å². The van der Waals surface area contributed by atoms with Crippen molar-refractivity contribution in [1.29, 1.82) is 10.5 Å². The second-order valence-corrected chi connectivity index (χ2v) is 2.80. The Balaban J connectivity index is 3.99. The van der Waals surface area contributed by atoms with E-state index in [1.54, 1.807) is 13.8 Å². The van der Waals surface area contributed by atoms with E-state index in [0.29, 0.717) is 12.8 Å². The zero-order valence-corrected chi connectivity index (χ0v) is 8.37. The molecule has 0 aliphatic carbocycles. The lowest BCUT2D eigenvalue weighted by Gasteiger charge is -2.12. The summed E-state index contributed by atoms with van der Waals surface area (Å²) in [5.74, 6) is 0. The molecule has 0 radical (unpaired) electrons. The van der Waals surface area contributed by atoms with E-state index in [1.807, 2.05) is 12.1 Å². The van der Waals surface area contributed by atoms with Crippen molar-refractivity contribution in [2.75, 3.05) is 0 Å². The molecule has 0 aromatic carbocycles. The summed E-state index contributed by atoms with van der Waals surface area (Å²) in [5.41, 5.74) is 0. The summed E-state index contributed by atoms with van der Waals surface area (Å²) in [6, 6.07) is 2.42. The van der Waals surface area contributed by atoms with E-state index < -0.39 is 18.1 Å². The fraction of sp³-hybridized carbons (Fsp3) is 0.667. The summed E-state index contributed by atoms with van der Waals surface area (Å²) in [6.07, 6.45) is 1.10. The summed E-state index contributed by atoms with van der Waals surface area (Å²) in [5, 5.41) is 22.0. The molecule has 0 unspecified atom stereocenters. The molecule has 0 spiro atoms. The van der Waals surface area contributed by atoms with Gasteiger partial charge < -0.3 is 10.6 Å². The Morgan fingerprint density at radius 2 is 1.50 bits per heavy atom. The van der Waals surface area contributed by atoms with Gasteiger partial charge in [0.15, 0.2) is 0 Å². The van der Waals surface area contributed by atoms with Crippen LogP contribution in [0.25, 0.3) is 0 Å². The molecule has 0 aliphatic heterocycles. The highest BCUT2D eigenvalue weighted by Crippen LogP contribution is 1.90. The number of nitrogens with zero attached hydrogens (tertiary/aromatic N) is 2. The van der Waals surface area contributed by atoms with Crippen molar-refractivity contribution in [2.24, 2.45) is 0 Å². The lowest BCUT2D eigenvalue weighted by atomic mass is 10.2. The van der Waals surface area contributed by atoms with Crippen molar-refractivity contribution < 1.29 is 4.79 Å². The normalized spacial score (nSPS) is 13.1. The molecular formula is C9H14N4O. The number of hydrogen-bond donors (Lipinski definition) is 2. The molecule has 0 fully saturated rings. The maximum atomic E-state index is 11.2. The van der Waals surface area contributed by atoms with Crippen LogP contribution in [0.5, 0.6) is 0 Å². The predicted molar refractivity (Wildman–Crippen MR) is 51.1 cm³/mol. The van der Waals surface area contributed by atoms with Crippen LogP contribution in [0.4, 0.5) is 4.79 Å². The minimum Gasteiger partial charge on any atom is -0.322 e. The van der Waals surface area contributed by atoms with Crippen LogP contribution in [0.15, 0.2) is 0 Å². The zero-order valence-electron chi connectivity index (χ0n) is 8.37. The summed E-state index contributed by atoms with van der Waals surface area (Å²) in [4.78, 5) is 11.2. The minimum atomic E-state index is -0.494. The second-order valence-electron chi connectivity index (χ2n) is 2.80. The van der Waals surface area contributed by atoms with Crippen molar-refractivity contribution in [2.45, 2.75) is 38.8 Å². The Bertz CT molecular complexity index is 237. The van der Waals surface area contributed by atoms with Gasteiger partial charge in [0.2, 0.25) is 0 Å². The second kappa shape index (κ2) is 6.73. The Kier molecular flexibility index (Phi) is 5.89. The van der Waals surface area contributed by atoms with Crippen LogP contribution in [-0.2, 0) is 0 Å². The van der Waals surface area contributed by atoms with Crippen LogP contribution >= 0.6 is 0 Å². The molecule has 2 amide bonds. The average Bonchev–Trinajstić information content (AvgIpc) is 2.22. The molecule has 0 rings (SSSR count). The highest BCUT2D eigenvalue weighted by Gasteiger charge is 2.12. The number of urea groups is 1. The minimum absolute atomic E-state index is 0.466. The predicted octanol–water partition coefficient (Wildman–Crippen LogP) is 0.890. The number of carbonyl (C=O) groups excluding carboxylic acids is 1. The van der Waals surface area contributed by atoms with Gasteiger partial charge in [-0.2, -0.15) is 10.5 Å². The Morgan fingerprint density at radius 1 is 1.14 bits per heavy atom. The molecule has 2 N–H and O–H groups in total. The first-order valence-electron chi connectivity index (χ1n) is 4.54. The lowest BCUT2D eigenvalue weighted by molar-refractivity contribution is 0.237. The molecule has 5 heteroatoms. The molecule has 5 nitrogen and oxygen atoms in total. The monoisotopic (exact) mass is 194 g/mol. The highest BCUT2D eigenvalue weighted by atomic mass is 16.2. The number of carbonyl (C=O) groups is 1.